The zero-order valence-electron chi connectivity index (χ0n) is 15.8. The lowest BCUT2D eigenvalue weighted by atomic mass is 10.1. The first kappa shape index (κ1) is 19.3. The van der Waals surface area contributed by atoms with Crippen molar-refractivity contribution in [2.24, 2.45) is 0 Å². The van der Waals surface area contributed by atoms with Gasteiger partial charge in [0.1, 0.15) is 18.1 Å². The lowest BCUT2D eigenvalue weighted by Crippen LogP contribution is -2.38. The van der Waals surface area contributed by atoms with E-state index in [1.807, 2.05) is 10.5 Å². The molecule has 0 radical (unpaired) electrons. The maximum atomic E-state index is 12.5. The molecule has 158 valence electrons. The van der Waals surface area contributed by atoms with Gasteiger partial charge in [-0.2, -0.15) is 0 Å². The Morgan fingerprint density at radius 2 is 1.83 bits per heavy atom. The number of ether oxygens (including phenoxy) is 2. The Labute approximate surface area is 175 Å². The summed E-state index contributed by atoms with van der Waals surface area (Å²) in [6.07, 6.45) is 0.611. The Bertz CT molecular complexity index is 1090. The highest BCUT2D eigenvalue weighted by Crippen LogP contribution is 2.42. The van der Waals surface area contributed by atoms with Crippen LogP contribution in [0.4, 0.5) is 19.1 Å². The van der Waals surface area contributed by atoms with Crippen LogP contribution < -0.4 is 14.4 Å². The molecule has 3 heterocycles. The minimum Gasteiger partial charge on any atom is -0.489 e. The number of hydrogen-bond acceptors (Lipinski definition) is 5. The van der Waals surface area contributed by atoms with Crippen LogP contribution in [0.15, 0.2) is 30.5 Å². The number of pyridine rings is 1. The molecule has 0 spiro atoms. The van der Waals surface area contributed by atoms with Gasteiger partial charge in [0, 0.05) is 30.4 Å². The van der Waals surface area contributed by atoms with E-state index in [-0.39, 0.29) is 17.4 Å². The van der Waals surface area contributed by atoms with Crippen molar-refractivity contribution in [2.45, 2.75) is 38.1 Å². The molecular weight excluding hydrogens is 421 g/mol. The molecule has 2 aromatic heterocycles. The summed E-state index contributed by atoms with van der Waals surface area (Å²) in [7, 11) is 0. The van der Waals surface area contributed by atoms with Crippen molar-refractivity contribution in [3.8, 4) is 11.5 Å². The summed E-state index contributed by atoms with van der Waals surface area (Å²) in [6.45, 7) is 2.13. The van der Waals surface area contributed by atoms with Gasteiger partial charge in [-0.1, -0.05) is 11.6 Å². The minimum atomic E-state index is -4.80. The first-order valence-electron chi connectivity index (χ1n) is 9.67. The molecule has 0 bridgehead atoms. The van der Waals surface area contributed by atoms with E-state index in [4.69, 9.17) is 16.3 Å². The van der Waals surface area contributed by atoms with Gasteiger partial charge in [0.2, 0.25) is 5.95 Å². The molecular formula is C20H18ClF3N4O2. The summed E-state index contributed by atoms with van der Waals surface area (Å²) in [5.74, 6) is 1.07. The maximum absolute atomic E-state index is 12.5. The Morgan fingerprint density at radius 3 is 2.50 bits per heavy atom. The molecule has 0 amide bonds. The first-order valence-corrected chi connectivity index (χ1v) is 10.1. The molecule has 2 aliphatic rings. The standard InChI is InChI=1S/C20H18ClF3N4O2/c21-14-7-15(9-16(8-14)30-20(22,23)24)29-11-13-6-18-25-26-19(27-4-1-5-27)28(18)10-17(13)12-2-3-12/h6-10,12H,1-5,11H2. The van der Waals surface area contributed by atoms with Crippen LogP contribution >= 0.6 is 11.6 Å². The summed E-state index contributed by atoms with van der Waals surface area (Å²) < 4.78 is 49.3. The monoisotopic (exact) mass is 438 g/mol. The van der Waals surface area contributed by atoms with Gasteiger partial charge in [-0.3, -0.25) is 4.40 Å². The van der Waals surface area contributed by atoms with Gasteiger partial charge in [-0.05, 0) is 54.5 Å². The highest BCUT2D eigenvalue weighted by atomic mass is 35.5. The van der Waals surface area contributed by atoms with Crippen molar-refractivity contribution in [1.82, 2.24) is 14.6 Å². The van der Waals surface area contributed by atoms with Crippen LogP contribution in [0.2, 0.25) is 5.02 Å². The topological polar surface area (TPSA) is 51.9 Å². The number of anilines is 1. The molecule has 10 heteroatoms. The minimum absolute atomic E-state index is 0.0984. The third-order valence-corrected chi connectivity index (χ3v) is 5.49. The second kappa shape index (κ2) is 7.23. The Balaban J connectivity index is 1.41. The van der Waals surface area contributed by atoms with Crippen molar-refractivity contribution < 1.29 is 22.6 Å². The van der Waals surface area contributed by atoms with E-state index in [1.54, 1.807) is 0 Å². The van der Waals surface area contributed by atoms with E-state index in [9.17, 15) is 13.2 Å². The SMILES string of the molecule is FC(F)(F)Oc1cc(Cl)cc(OCc2cc3nnc(N4CCC4)n3cc2C2CC2)c1. The molecule has 1 aliphatic carbocycles. The zero-order chi connectivity index (χ0) is 20.9. The van der Waals surface area contributed by atoms with Gasteiger partial charge in [0.25, 0.3) is 0 Å². The molecule has 0 atom stereocenters. The van der Waals surface area contributed by atoms with E-state index in [0.717, 1.165) is 55.5 Å². The molecule has 30 heavy (non-hydrogen) atoms. The molecule has 1 aliphatic heterocycles. The van der Waals surface area contributed by atoms with Crippen LogP contribution in [0, 0.1) is 0 Å². The predicted molar refractivity (Wildman–Crippen MR) is 104 cm³/mol. The van der Waals surface area contributed by atoms with Gasteiger partial charge in [-0.15, -0.1) is 23.4 Å². The lowest BCUT2D eigenvalue weighted by Gasteiger charge is -2.30. The van der Waals surface area contributed by atoms with Crippen molar-refractivity contribution >= 4 is 23.2 Å². The van der Waals surface area contributed by atoms with E-state index >= 15 is 0 Å². The fraction of sp³-hybridized carbons (Fsp3) is 0.400. The molecule has 2 fully saturated rings. The Hall–Kier alpha value is -2.68. The van der Waals surface area contributed by atoms with Gasteiger partial charge in [-0.25, -0.2) is 0 Å². The second-order valence-corrected chi connectivity index (χ2v) is 7.99. The van der Waals surface area contributed by atoms with E-state index in [2.05, 4.69) is 26.0 Å². The molecule has 0 N–H and O–H groups in total. The van der Waals surface area contributed by atoms with Crippen molar-refractivity contribution in [1.29, 1.82) is 0 Å². The van der Waals surface area contributed by atoms with Crippen LogP contribution in [-0.2, 0) is 6.61 Å². The summed E-state index contributed by atoms with van der Waals surface area (Å²) >= 11 is 5.93. The average molecular weight is 439 g/mol. The first-order chi connectivity index (χ1) is 14.4. The number of halogens is 4. The maximum Gasteiger partial charge on any atom is 0.573 e. The number of benzene rings is 1. The second-order valence-electron chi connectivity index (χ2n) is 7.56. The molecule has 1 saturated carbocycles. The van der Waals surface area contributed by atoms with Crippen LogP contribution in [0.25, 0.3) is 5.65 Å². The van der Waals surface area contributed by atoms with E-state index < -0.39 is 12.1 Å². The number of nitrogens with zero attached hydrogens (tertiary/aromatic N) is 4. The fourth-order valence-corrected chi connectivity index (χ4v) is 3.79. The van der Waals surface area contributed by atoms with Crippen LogP contribution in [0.3, 0.4) is 0 Å². The molecule has 1 aromatic carbocycles. The highest BCUT2D eigenvalue weighted by molar-refractivity contribution is 6.30. The third-order valence-electron chi connectivity index (χ3n) is 5.28. The van der Waals surface area contributed by atoms with Crippen molar-refractivity contribution in [3.63, 3.8) is 0 Å². The molecule has 3 aromatic rings. The van der Waals surface area contributed by atoms with E-state index in [0.29, 0.717) is 11.6 Å². The highest BCUT2D eigenvalue weighted by Gasteiger charge is 2.32. The summed E-state index contributed by atoms with van der Waals surface area (Å²) in [5.41, 5.74) is 2.80. The smallest absolute Gasteiger partial charge is 0.489 e. The van der Waals surface area contributed by atoms with Crippen LogP contribution in [0.1, 0.15) is 36.3 Å². The van der Waals surface area contributed by atoms with Gasteiger partial charge in [0.05, 0.1) is 0 Å². The lowest BCUT2D eigenvalue weighted by molar-refractivity contribution is -0.274. The number of rotatable bonds is 6. The van der Waals surface area contributed by atoms with Gasteiger partial charge in [0.15, 0.2) is 5.65 Å². The number of fused-ring (bicyclic) bond motifs is 1. The number of hydrogen-bond donors (Lipinski definition) is 0. The Kier molecular flexibility index (Phi) is 4.65. The summed E-state index contributed by atoms with van der Waals surface area (Å²) in [5, 5.41) is 8.69. The number of aromatic nitrogens is 3. The molecule has 5 rings (SSSR count). The summed E-state index contributed by atoms with van der Waals surface area (Å²) in [6, 6.07) is 5.66. The zero-order valence-corrected chi connectivity index (χ0v) is 16.6. The van der Waals surface area contributed by atoms with Crippen molar-refractivity contribution in [3.05, 3.63) is 46.6 Å². The predicted octanol–water partition coefficient (Wildman–Crippen LogP) is 4.95. The molecule has 1 saturated heterocycles. The van der Waals surface area contributed by atoms with Crippen molar-refractivity contribution in [2.75, 3.05) is 18.0 Å². The average Bonchev–Trinajstić information content (AvgIpc) is 3.38. The number of alkyl halides is 3. The Morgan fingerprint density at radius 1 is 1.07 bits per heavy atom. The van der Waals surface area contributed by atoms with Gasteiger partial charge >= 0.3 is 6.36 Å². The van der Waals surface area contributed by atoms with Gasteiger partial charge < -0.3 is 14.4 Å². The largest absolute Gasteiger partial charge is 0.573 e. The van der Waals surface area contributed by atoms with Crippen LogP contribution in [0.5, 0.6) is 11.5 Å². The normalized spacial score (nSPS) is 16.6. The molecule has 6 nitrogen and oxygen atoms in total. The molecule has 0 unspecified atom stereocenters. The van der Waals surface area contributed by atoms with E-state index in [1.165, 1.54) is 12.1 Å². The van der Waals surface area contributed by atoms with Crippen LogP contribution in [-0.4, -0.2) is 34.0 Å². The quantitative estimate of drug-likeness (QED) is 0.545. The fourth-order valence-electron chi connectivity index (χ4n) is 3.57. The summed E-state index contributed by atoms with van der Waals surface area (Å²) in [4.78, 5) is 2.18. The third kappa shape index (κ3) is 3.98.